The fourth-order valence-corrected chi connectivity index (χ4v) is 0.594. The molecule has 0 fully saturated rings. The molecule has 1 atom stereocenters. The van der Waals surface area contributed by atoms with Gasteiger partial charge in [0.15, 0.2) is 0 Å². The topological polar surface area (TPSA) is 63.3 Å². The summed E-state index contributed by atoms with van der Waals surface area (Å²) in [6.07, 6.45) is -0.964. The van der Waals surface area contributed by atoms with Crippen molar-refractivity contribution in [1.82, 2.24) is 4.98 Å². The van der Waals surface area contributed by atoms with Gasteiger partial charge in [0.1, 0.15) is 6.26 Å². The van der Waals surface area contributed by atoms with E-state index in [1.165, 1.54) is 6.26 Å². The van der Waals surface area contributed by atoms with Crippen LogP contribution in [0.2, 0.25) is 0 Å². The van der Waals surface area contributed by atoms with E-state index in [0.717, 1.165) is 0 Å². The average Bonchev–Trinajstić information content (AvgIpc) is 2.34. The van der Waals surface area contributed by atoms with Gasteiger partial charge < -0.3 is 9.52 Å². The van der Waals surface area contributed by atoms with Crippen molar-refractivity contribution in [3.63, 3.8) is 0 Å². The fraction of sp³-hybridized carbons (Fsp3) is 0.333. The number of carboxylic acids is 1. The number of hydrogen-bond donors (Lipinski definition) is 1. The van der Waals surface area contributed by atoms with Crippen LogP contribution in [0.1, 0.15) is 17.8 Å². The molecule has 0 aliphatic carbocycles. The second kappa shape index (κ2) is 2.69. The minimum atomic E-state index is -2.16. The van der Waals surface area contributed by atoms with Crippen LogP contribution in [0.4, 0.5) is 4.39 Å². The molecule has 1 aromatic heterocycles. The fourth-order valence-electron chi connectivity index (χ4n) is 0.594. The van der Waals surface area contributed by atoms with Crippen molar-refractivity contribution >= 4 is 5.97 Å². The second-order valence-electron chi connectivity index (χ2n) is 2.03. The summed E-state index contributed by atoms with van der Waals surface area (Å²) in [5.41, 5.74) is 0.462. The molecule has 0 saturated carbocycles. The number of hydrogen-bond acceptors (Lipinski definition) is 3. The van der Waals surface area contributed by atoms with Crippen molar-refractivity contribution in [2.75, 3.05) is 0 Å². The van der Waals surface area contributed by atoms with Gasteiger partial charge in [-0.3, -0.25) is 0 Å². The number of nitrogens with zero attached hydrogens (tertiary/aromatic N) is 1. The quantitative estimate of drug-likeness (QED) is 0.701. The van der Waals surface area contributed by atoms with E-state index in [1.807, 2.05) is 0 Å². The third-order valence-electron chi connectivity index (χ3n) is 1.07. The van der Waals surface area contributed by atoms with Gasteiger partial charge in [-0.05, 0) is 6.92 Å². The second-order valence-corrected chi connectivity index (χ2v) is 2.03. The molecule has 1 heterocycles. The van der Waals surface area contributed by atoms with E-state index in [-0.39, 0.29) is 0 Å². The van der Waals surface area contributed by atoms with Crippen LogP contribution >= 0.6 is 0 Å². The van der Waals surface area contributed by atoms with Gasteiger partial charge in [0.2, 0.25) is 5.89 Å². The molecule has 1 aromatic rings. The van der Waals surface area contributed by atoms with Crippen molar-refractivity contribution in [2.45, 2.75) is 13.1 Å². The number of carboxylic acid groups (broad SMARTS) is 1. The first kappa shape index (κ1) is 7.71. The van der Waals surface area contributed by atoms with Gasteiger partial charge in [0.05, 0.1) is 5.69 Å². The Hall–Kier alpha value is -1.39. The Kier molecular flexibility index (Phi) is 1.89. The zero-order valence-corrected chi connectivity index (χ0v) is 5.74. The monoisotopic (exact) mass is 159 g/mol. The average molecular weight is 159 g/mol. The van der Waals surface area contributed by atoms with Crippen molar-refractivity contribution in [2.24, 2.45) is 0 Å². The maximum Gasteiger partial charge on any atom is 0.348 e. The molecule has 60 valence electrons. The third-order valence-corrected chi connectivity index (χ3v) is 1.07. The summed E-state index contributed by atoms with van der Waals surface area (Å²) in [6, 6.07) is 0. The summed E-state index contributed by atoms with van der Waals surface area (Å²) in [5.74, 6) is -2.00. The van der Waals surface area contributed by atoms with Gasteiger partial charge in [0, 0.05) is 0 Å². The van der Waals surface area contributed by atoms with Crippen LogP contribution in [0.15, 0.2) is 10.7 Å². The molecule has 0 radical (unpaired) electrons. The molecule has 0 amide bonds. The number of aromatic nitrogens is 1. The Morgan fingerprint density at radius 3 is 2.91 bits per heavy atom. The Morgan fingerprint density at radius 2 is 2.55 bits per heavy atom. The van der Waals surface area contributed by atoms with Gasteiger partial charge in [-0.15, -0.1) is 0 Å². The first-order valence-electron chi connectivity index (χ1n) is 2.90. The van der Waals surface area contributed by atoms with Gasteiger partial charge in [-0.25, -0.2) is 14.2 Å². The summed E-state index contributed by atoms with van der Waals surface area (Å²) in [6.45, 7) is 1.58. The number of halogens is 1. The predicted octanol–water partition coefficient (Wildman–Crippen LogP) is 1.08. The molecule has 4 nitrogen and oxygen atoms in total. The molecule has 11 heavy (non-hydrogen) atoms. The van der Waals surface area contributed by atoms with Crippen molar-refractivity contribution in [3.05, 3.63) is 17.8 Å². The first-order valence-corrected chi connectivity index (χ1v) is 2.90. The molecule has 0 spiro atoms. The van der Waals surface area contributed by atoms with Gasteiger partial charge in [-0.1, -0.05) is 0 Å². The lowest BCUT2D eigenvalue weighted by atomic mass is 10.4. The normalized spacial score (nSPS) is 12.9. The van der Waals surface area contributed by atoms with Crippen molar-refractivity contribution in [1.29, 1.82) is 0 Å². The van der Waals surface area contributed by atoms with Gasteiger partial charge >= 0.3 is 5.97 Å². The van der Waals surface area contributed by atoms with Crippen molar-refractivity contribution in [3.8, 4) is 0 Å². The molecule has 5 heteroatoms. The maximum absolute atomic E-state index is 12.5. The van der Waals surface area contributed by atoms with E-state index in [0.29, 0.717) is 5.69 Å². The molecule has 0 aromatic carbocycles. The van der Waals surface area contributed by atoms with Crippen LogP contribution in [0, 0.1) is 6.92 Å². The standard InChI is InChI=1S/C6H6FNO3/c1-3-2-11-5(8-3)4(7)6(9)10/h2,4H,1H3,(H,9,10). The van der Waals surface area contributed by atoms with E-state index in [2.05, 4.69) is 9.40 Å². The number of rotatable bonds is 2. The van der Waals surface area contributed by atoms with E-state index < -0.39 is 18.0 Å². The van der Waals surface area contributed by atoms with Crippen LogP contribution < -0.4 is 0 Å². The summed E-state index contributed by atoms with van der Waals surface area (Å²) >= 11 is 0. The van der Waals surface area contributed by atoms with E-state index in [9.17, 15) is 9.18 Å². The summed E-state index contributed by atoms with van der Waals surface area (Å²) < 4.78 is 17.0. The Labute approximate surface area is 61.7 Å². The van der Waals surface area contributed by atoms with Crippen LogP contribution in [-0.2, 0) is 4.79 Å². The first-order chi connectivity index (χ1) is 5.11. The highest BCUT2D eigenvalue weighted by Gasteiger charge is 2.23. The van der Waals surface area contributed by atoms with E-state index >= 15 is 0 Å². The minimum absolute atomic E-state index is 0.407. The summed E-state index contributed by atoms with van der Waals surface area (Å²) in [4.78, 5) is 13.5. The number of aliphatic carboxylic acids is 1. The summed E-state index contributed by atoms with van der Waals surface area (Å²) in [7, 11) is 0. The van der Waals surface area contributed by atoms with Crippen LogP contribution in [0.5, 0.6) is 0 Å². The molecule has 0 saturated heterocycles. The van der Waals surface area contributed by atoms with Crippen LogP contribution in [-0.4, -0.2) is 16.1 Å². The minimum Gasteiger partial charge on any atom is -0.479 e. The highest BCUT2D eigenvalue weighted by molar-refractivity contribution is 5.72. The molecule has 0 aliphatic rings. The van der Waals surface area contributed by atoms with Gasteiger partial charge in [0.25, 0.3) is 6.17 Å². The Bertz CT molecular complexity index is 271. The number of carbonyl (C=O) groups is 1. The lowest BCUT2D eigenvalue weighted by Gasteiger charge is -1.93. The number of aryl methyl sites for hydroxylation is 1. The van der Waals surface area contributed by atoms with Crippen molar-refractivity contribution < 1.29 is 18.7 Å². The molecule has 1 rings (SSSR count). The largest absolute Gasteiger partial charge is 0.479 e. The van der Waals surface area contributed by atoms with Gasteiger partial charge in [-0.2, -0.15) is 0 Å². The molecule has 0 aliphatic heterocycles. The van der Waals surface area contributed by atoms with E-state index in [4.69, 9.17) is 5.11 Å². The molecule has 0 bridgehead atoms. The molecule has 1 N–H and O–H groups in total. The lowest BCUT2D eigenvalue weighted by Crippen LogP contribution is -2.06. The third kappa shape index (κ3) is 1.54. The smallest absolute Gasteiger partial charge is 0.348 e. The number of oxazole rings is 1. The molecular weight excluding hydrogens is 153 g/mol. The van der Waals surface area contributed by atoms with Crippen LogP contribution in [0.3, 0.4) is 0 Å². The highest BCUT2D eigenvalue weighted by Crippen LogP contribution is 2.15. The highest BCUT2D eigenvalue weighted by atomic mass is 19.1. The zero-order chi connectivity index (χ0) is 8.43. The zero-order valence-electron chi connectivity index (χ0n) is 5.74. The predicted molar refractivity (Wildman–Crippen MR) is 32.7 cm³/mol. The SMILES string of the molecule is Cc1coc(C(F)C(=O)O)n1. The molecule has 1 unspecified atom stereocenters. The maximum atomic E-state index is 12.5. The number of alkyl halides is 1. The lowest BCUT2D eigenvalue weighted by molar-refractivity contribution is -0.143. The Balaban J connectivity index is 2.84. The van der Waals surface area contributed by atoms with Crippen LogP contribution in [0.25, 0.3) is 0 Å². The summed E-state index contributed by atoms with van der Waals surface area (Å²) in [5, 5.41) is 8.17. The molecular formula is C6H6FNO3. The Morgan fingerprint density at radius 1 is 1.91 bits per heavy atom. The van der Waals surface area contributed by atoms with E-state index in [1.54, 1.807) is 6.92 Å².